The van der Waals surface area contributed by atoms with E-state index in [0.29, 0.717) is 36.1 Å². The van der Waals surface area contributed by atoms with E-state index < -0.39 is 0 Å². The van der Waals surface area contributed by atoms with Gasteiger partial charge in [-0.3, -0.25) is 9.78 Å². The number of rotatable bonds is 7. The summed E-state index contributed by atoms with van der Waals surface area (Å²) in [4.78, 5) is 25.0. The molecule has 7 nitrogen and oxygen atoms in total. The maximum atomic E-state index is 12.2. The second kappa shape index (κ2) is 8.53. The first-order valence-electron chi connectivity index (χ1n) is 8.82. The molecule has 0 aliphatic carbocycles. The molecule has 28 heavy (non-hydrogen) atoms. The third kappa shape index (κ3) is 4.47. The lowest BCUT2D eigenvalue weighted by atomic mass is 10.2. The normalized spacial score (nSPS) is 10.7. The molecule has 0 fully saturated rings. The minimum absolute atomic E-state index is 0.0824. The highest BCUT2D eigenvalue weighted by Gasteiger charge is 2.11. The summed E-state index contributed by atoms with van der Waals surface area (Å²) < 4.78 is 5.24. The molecule has 3 heterocycles. The van der Waals surface area contributed by atoms with Gasteiger partial charge in [-0.15, -0.1) is 11.3 Å². The van der Waals surface area contributed by atoms with Crippen LogP contribution in [0.3, 0.4) is 0 Å². The van der Waals surface area contributed by atoms with E-state index in [1.165, 1.54) is 11.3 Å². The van der Waals surface area contributed by atoms with Crippen molar-refractivity contribution in [2.45, 2.75) is 19.3 Å². The summed E-state index contributed by atoms with van der Waals surface area (Å²) in [6.45, 7) is 0. The van der Waals surface area contributed by atoms with Crippen molar-refractivity contribution in [1.29, 1.82) is 0 Å². The number of pyridine rings is 1. The first-order valence-corrected chi connectivity index (χ1v) is 9.70. The van der Waals surface area contributed by atoms with Gasteiger partial charge in [-0.2, -0.15) is 4.98 Å². The average molecular weight is 391 g/mol. The Hall–Kier alpha value is -3.39. The molecule has 1 N–H and O–H groups in total. The highest BCUT2D eigenvalue weighted by atomic mass is 32.1. The van der Waals surface area contributed by atoms with Crippen molar-refractivity contribution in [3.05, 3.63) is 66.1 Å². The molecular formula is C20H17N5O2S. The van der Waals surface area contributed by atoms with Crippen molar-refractivity contribution in [3.63, 3.8) is 0 Å². The number of carbonyl (C=O) groups excluding carboxylic acids is 1. The fraction of sp³-hybridized carbons (Fsp3) is 0.150. The van der Waals surface area contributed by atoms with Gasteiger partial charge in [0.2, 0.25) is 17.6 Å². The molecule has 0 bridgehead atoms. The number of aromatic nitrogens is 4. The fourth-order valence-corrected chi connectivity index (χ4v) is 3.36. The van der Waals surface area contributed by atoms with E-state index in [0.717, 1.165) is 16.8 Å². The van der Waals surface area contributed by atoms with Crippen LogP contribution in [0.5, 0.6) is 0 Å². The molecule has 0 spiro atoms. The summed E-state index contributed by atoms with van der Waals surface area (Å²) in [5.74, 6) is 0.928. The predicted molar refractivity (Wildman–Crippen MR) is 107 cm³/mol. The molecule has 0 saturated carbocycles. The molecule has 0 radical (unpaired) electrons. The lowest BCUT2D eigenvalue weighted by molar-refractivity contribution is -0.116. The van der Waals surface area contributed by atoms with Crippen LogP contribution in [0.1, 0.15) is 18.7 Å². The lowest BCUT2D eigenvalue weighted by Gasteiger charge is -2.00. The van der Waals surface area contributed by atoms with E-state index in [1.807, 2.05) is 47.8 Å². The molecule has 0 atom stereocenters. The Kier molecular flexibility index (Phi) is 5.48. The van der Waals surface area contributed by atoms with E-state index in [9.17, 15) is 4.79 Å². The Morgan fingerprint density at radius 3 is 2.75 bits per heavy atom. The van der Waals surface area contributed by atoms with E-state index in [4.69, 9.17) is 4.52 Å². The molecule has 8 heteroatoms. The van der Waals surface area contributed by atoms with Crippen LogP contribution in [-0.4, -0.2) is 26.0 Å². The Morgan fingerprint density at radius 2 is 1.93 bits per heavy atom. The molecule has 3 aromatic heterocycles. The molecule has 0 unspecified atom stereocenters. The predicted octanol–water partition coefficient (Wildman–Crippen LogP) is 4.22. The molecule has 0 aliphatic heterocycles. The quantitative estimate of drug-likeness (QED) is 0.507. The minimum Gasteiger partial charge on any atom is -0.339 e. The van der Waals surface area contributed by atoms with Crippen LogP contribution in [0.2, 0.25) is 0 Å². The first-order chi connectivity index (χ1) is 13.8. The number of hydrogen-bond acceptors (Lipinski definition) is 7. The van der Waals surface area contributed by atoms with Gasteiger partial charge in [0, 0.05) is 41.7 Å². The summed E-state index contributed by atoms with van der Waals surface area (Å²) in [5, 5.41) is 9.32. The molecule has 0 saturated heterocycles. The third-order valence-electron chi connectivity index (χ3n) is 4.00. The van der Waals surface area contributed by atoms with E-state index in [2.05, 4.69) is 25.4 Å². The van der Waals surface area contributed by atoms with Crippen LogP contribution >= 0.6 is 11.3 Å². The Bertz CT molecular complexity index is 1050. The Labute approximate surface area is 165 Å². The molecule has 4 rings (SSSR count). The topological polar surface area (TPSA) is 93.8 Å². The number of amides is 1. The van der Waals surface area contributed by atoms with Gasteiger partial charge in [-0.1, -0.05) is 35.5 Å². The number of benzene rings is 1. The SMILES string of the molecule is O=C(CCCc1nc(-c2cccnc2)no1)Nc1nc(-c2ccccc2)cs1. The monoisotopic (exact) mass is 391 g/mol. The molecule has 4 aromatic rings. The van der Waals surface area contributed by atoms with Gasteiger partial charge >= 0.3 is 0 Å². The van der Waals surface area contributed by atoms with Crippen molar-refractivity contribution in [3.8, 4) is 22.6 Å². The number of nitrogens with zero attached hydrogens (tertiary/aromatic N) is 4. The number of nitrogens with one attached hydrogen (secondary N) is 1. The van der Waals surface area contributed by atoms with Crippen molar-refractivity contribution < 1.29 is 9.32 Å². The largest absolute Gasteiger partial charge is 0.339 e. The summed E-state index contributed by atoms with van der Waals surface area (Å²) in [6.07, 6.45) is 4.87. The Morgan fingerprint density at radius 1 is 1.07 bits per heavy atom. The maximum absolute atomic E-state index is 12.2. The van der Waals surface area contributed by atoms with Gasteiger partial charge in [0.15, 0.2) is 5.13 Å². The molecule has 1 aromatic carbocycles. The van der Waals surface area contributed by atoms with Crippen molar-refractivity contribution in [2.75, 3.05) is 5.32 Å². The maximum Gasteiger partial charge on any atom is 0.226 e. The van der Waals surface area contributed by atoms with Crippen molar-refractivity contribution in [2.24, 2.45) is 0 Å². The number of hydrogen-bond donors (Lipinski definition) is 1. The lowest BCUT2D eigenvalue weighted by Crippen LogP contribution is -2.11. The van der Waals surface area contributed by atoms with Crippen LogP contribution in [0.25, 0.3) is 22.6 Å². The third-order valence-corrected chi connectivity index (χ3v) is 4.76. The summed E-state index contributed by atoms with van der Waals surface area (Å²) in [7, 11) is 0. The number of thiazole rings is 1. The van der Waals surface area contributed by atoms with Gasteiger partial charge in [-0.05, 0) is 18.6 Å². The first kappa shape index (κ1) is 18.0. The smallest absolute Gasteiger partial charge is 0.226 e. The zero-order valence-electron chi connectivity index (χ0n) is 14.9. The second-order valence-corrected chi connectivity index (χ2v) is 6.92. The van der Waals surface area contributed by atoms with Crippen LogP contribution in [0.15, 0.2) is 64.8 Å². The van der Waals surface area contributed by atoms with Crippen LogP contribution in [-0.2, 0) is 11.2 Å². The van der Waals surface area contributed by atoms with Gasteiger partial charge in [-0.25, -0.2) is 4.98 Å². The second-order valence-electron chi connectivity index (χ2n) is 6.06. The van der Waals surface area contributed by atoms with Crippen molar-refractivity contribution >= 4 is 22.4 Å². The van der Waals surface area contributed by atoms with E-state index in [-0.39, 0.29) is 5.91 Å². The van der Waals surface area contributed by atoms with Gasteiger partial charge in [0.05, 0.1) is 5.69 Å². The number of aryl methyl sites for hydroxylation is 1. The molecule has 1 amide bonds. The molecule has 140 valence electrons. The fourth-order valence-electron chi connectivity index (χ4n) is 2.62. The minimum atomic E-state index is -0.0824. The number of anilines is 1. The number of carbonyl (C=O) groups is 1. The standard InChI is InChI=1S/C20H17N5O2S/c26-17(23-20-22-16(13-28-20)14-6-2-1-3-7-14)9-4-10-18-24-19(25-27-18)15-8-5-11-21-12-15/h1-3,5-8,11-13H,4,9-10H2,(H,22,23,26). The zero-order chi connectivity index (χ0) is 19.2. The van der Waals surface area contributed by atoms with Gasteiger partial charge < -0.3 is 9.84 Å². The van der Waals surface area contributed by atoms with Crippen LogP contribution in [0.4, 0.5) is 5.13 Å². The molecule has 0 aliphatic rings. The Balaban J connectivity index is 1.26. The van der Waals surface area contributed by atoms with Crippen molar-refractivity contribution in [1.82, 2.24) is 20.1 Å². The summed E-state index contributed by atoms with van der Waals surface area (Å²) in [5.41, 5.74) is 2.68. The average Bonchev–Trinajstić information content (AvgIpc) is 3.39. The summed E-state index contributed by atoms with van der Waals surface area (Å²) >= 11 is 1.41. The highest BCUT2D eigenvalue weighted by Crippen LogP contribution is 2.24. The molecular weight excluding hydrogens is 374 g/mol. The zero-order valence-corrected chi connectivity index (χ0v) is 15.7. The van der Waals surface area contributed by atoms with Crippen LogP contribution in [0, 0.1) is 0 Å². The van der Waals surface area contributed by atoms with Gasteiger partial charge in [0.1, 0.15) is 0 Å². The van der Waals surface area contributed by atoms with E-state index in [1.54, 1.807) is 12.4 Å². The van der Waals surface area contributed by atoms with Gasteiger partial charge in [0.25, 0.3) is 0 Å². The summed E-state index contributed by atoms with van der Waals surface area (Å²) in [6, 6.07) is 13.6. The van der Waals surface area contributed by atoms with E-state index >= 15 is 0 Å². The van der Waals surface area contributed by atoms with Crippen LogP contribution < -0.4 is 5.32 Å². The highest BCUT2D eigenvalue weighted by molar-refractivity contribution is 7.14.